The first-order valence-electron chi connectivity index (χ1n) is 12.2. The van der Waals surface area contributed by atoms with E-state index >= 15 is 0 Å². The van der Waals surface area contributed by atoms with Gasteiger partial charge in [-0.15, -0.1) is 0 Å². The van der Waals surface area contributed by atoms with Gasteiger partial charge < -0.3 is 15.1 Å². The van der Waals surface area contributed by atoms with Gasteiger partial charge in [-0.2, -0.15) is 0 Å². The molecule has 1 N–H and O–H groups in total. The first kappa shape index (κ1) is 22.5. The van der Waals surface area contributed by atoms with Gasteiger partial charge in [0.2, 0.25) is 5.91 Å². The lowest BCUT2D eigenvalue weighted by atomic mass is 9.92. The summed E-state index contributed by atoms with van der Waals surface area (Å²) < 4.78 is 1.27. The molecule has 2 fully saturated rings. The van der Waals surface area contributed by atoms with Gasteiger partial charge in [-0.3, -0.25) is 4.79 Å². The third-order valence-corrected chi connectivity index (χ3v) is 7.96. The van der Waals surface area contributed by atoms with E-state index in [2.05, 4.69) is 54.1 Å². The molecular formula is C25H38N4OS. The molecule has 2 atom stereocenters. The van der Waals surface area contributed by atoms with Gasteiger partial charge in [-0.1, -0.05) is 38.2 Å². The van der Waals surface area contributed by atoms with Crippen LogP contribution in [0.15, 0.2) is 18.2 Å². The summed E-state index contributed by atoms with van der Waals surface area (Å²) in [5, 5.41) is 4.31. The van der Waals surface area contributed by atoms with Gasteiger partial charge in [0.25, 0.3) is 0 Å². The fourth-order valence-electron chi connectivity index (χ4n) is 5.28. The van der Waals surface area contributed by atoms with E-state index in [0.717, 1.165) is 74.3 Å². The van der Waals surface area contributed by atoms with Crippen molar-refractivity contribution in [1.82, 2.24) is 15.2 Å². The zero-order valence-electron chi connectivity index (χ0n) is 19.4. The number of nitrogens with one attached hydrogen (secondary N) is 1. The lowest BCUT2D eigenvalue weighted by Gasteiger charge is -2.35. The summed E-state index contributed by atoms with van der Waals surface area (Å²) in [6, 6.07) is 6.58. The van der Waals surface area contributed by atoms with Gasteiger partial charge in [0.1, 0.15) is 0 Å². The number of aromatic nitrogens is 1. The molecule has 2 saturated heterocycles. The number of likely N-dealkylation sites (tertiary alicyclic amines) is 1. The molecule has 1 aromatic heterocycles. The highest BCUT2D eigenvalue weighted by Gasteiger charge is 2.26. The summed E-state index contributed by atoms with van der Waals surface area (Å²) in [5.74, 6) is 1.99. The van der Waals surface area contributed by atoms with Crippen LogP contribution < -0.4 is 10.2 Å². The van der Waals surface area contributed by atoms with E-state index in [1.807, 2.05) is 0 Å². The second kappa shape index (κ2) is 10.3. The molecule has 0 unspecified atom stereocenters. The Morgan fingerprint density at radius 1 is 1.19 bits per heavy atom. The number of thiazole rings is 1. The second-order valence-electron chi connectivity index (χ2n) is 9.76. The molecule has 170 valence electrons. The predicted molar refractivity (Wildman–Crippen MR) is 131 cm³/mol. The molecule has 2 aliphatic heterocycles. The fourth-order valence-corrected chi connectivity index (χ4v) is 6.36. The predicted octanol–water partition coefficient (Wildman–Crippen LogP) is 4.56. The molecule has 0 aliphatic carbocycles. The monoisotopic (exact) mass is 442 g/mol. The van der Waals surface area contributed by atoms with Crippen LogP contribution in [0, 0.1) is 17.8 Å². The number of carbonyl (C=O) groups is 1. The molecule has 31 heavy (non-hydrogen) atoms. The van der Waals surface area contributed by atoms with Crippen molar-refractivity contribution < 1.29 is 4.79 Å². The third kappa shape index (κ3) is 5.78. The lowest BCUT2D eigenvalue weighted by molar-refractivity contribution is -0.125. The average molecular weight is 443 g/mol. The van der Waals surface area contributed by atoms with Crippen molar-refractivity contribution in [3.8, 4) is 0 Å². The highest BCUT2D eigenvalue weighted by molar-refractivity contribution is 7.22. The Balaban J connectivity index is 1.19. The Kier molecular flexibility index (Phi) is 7.49. The highest BCUT2D eigenvalue weighted by Crippen LogP contribution is 2.32. The normalized spacial score (nSPS) is 23.4. The SMILES string of the molecule is CCc1ccc2nc(N3CCC(C(=O)NCCCN4C[C@H](C)C[C@@H](C)C4)CC3)sc2c1. The van der Waals surface area contributed by atoms with E-state index in [1.54, 1.807) is 11.3 Å². The lowest BCUT2D eigenvalue weighted by Crippen LogP contribution is -2.42. The maximum absolute atomic E-state index is 12.7. The number of fused-ring (bicyclic) bond motifs is 1. The van der Waals surface area contributed by atoms with Crippen LogP contribution >= 0.6 is 11.3 Å². The second-order valence-corrected chi connectivity index (χ2v) is 10.8. The van der Waals surface area contributed by atoms with Gasteiger partial charge in [0.05, 0.1) is 10.2 Å². The van der Waals surface area contributed by atoms with Gasteiger partial charge in [0.15, 0.2) is 5.13 Å². The summed E-state index contributed by atoms with van der Waals surface area (Å²) in [4.78, 5) is 22.4. The number of rotatable bonds is 7. The van der Waals surface area contributed by atoms with Crippen LogP contribution in [0.3, 0.4) is 0 Å². The quantitative estimate of drug-likeness (QED) is 0.639. The Morgan fingerprint density at radius 2 is 1.94 bits per heavy atom. The minimum absolute atomic E-state index is 0.146. The largest absolute Gasteiger partial charge is 0.356 e. The van der Waals surface area contributed by atoms with Crippen LogP contribution in [0.4, 0.5) is 5.13 Å². The summed E-state index contributed by atoms with van der Waals surface area (Å²) in [6.07, 6.45) is 5.30. The third-order valence-electron chi connectivity index (χ3n) is 6.88. The Morgan fingerprint density at radius 3 is 2.65 bits per heavy atom. The molecule has 6 heteroatoms. The summed E-state index contributed by atoms with van der Waals surface area (Å²) >= 11 is 1.78. The number of benzene rings is 1. The summed E-state index contributed by atoms with van der Waals surface area (Å²) in [7, 11) is 0. The first-order chi connectivity index (χ1) is 15.0. The number of hydrogen-bond acceptors (Lipinski definition) is 5. The molecule has 0 spiro atoms. The van der Waals surface area contributed by atoms with Crippen molar-refractivity contribution in [2.24, 2.45) is 17.8 Å². The Bertz CT molecular complexity index is 864. The van der Waals surface area contributed by atoms with Gasteiger partial charge in [-0.25, -0.2) is 4.98 Å². The van der Waals surface area contributed by atoms with Crippen molar-refractivity contribution in [2.45, 2.75) is 52.9 Å². The number of anilines is 1. The van der Waals surface area contributed by atoms with E-state index in [-0.39, 0.29) is 11.8 Å². The first-order valence-corrected chi connectivity index (χ1v) is 13.0. The van der Waals surface area contributed by atoms with E-state index < -0.39 is 0 Å². The molecule has 1 amide bonds. The van der Waals surface area contributed by atoms with Crippen LogP contribution in [0.5, 0.6) is 0 Å². The molecule has 0 saturated carbocycles. The van der Waals surface area contributed by atoms with Crippen molar-refractivity contribution >= 4 is 32.6 Å². The van der Waals surface area contributed by atoms with Gasteiger partial charge in [0, 0.05) is 38.6 Å². The smallest absolute Gasteiger partial charge is 0.223 e. The van der Waals surface area contributed by atoms with Gasteiger partial charge >= 0.3 is 0 Å². The molecular weight excluding hydrogens is 404 g/mol. The number of aryl methyl sites for hydroxylation is 1. The van der Waals surface area contributed by atoms with Crippen LogP contribution in [0.2, 0.25) is 0 Å². The molecule has 3 heterocycles. The summed E-state index contributed by atoms with van der Waals surface area (Å²) in [5.41, 5.74) is 2.46. The van der Waals surface area contributed by atoms with Gasteiger partial charge in [-0.05, 0) is 68.2 Å². The topological polar surface area (TPSA) is 48.5 Å². The van der Waals surface area contributed by atoms with Crippen LogP contribution in [0.25, 0.3) is 10.2 Å². The van der Waals surface area contributed by atoms with E-state index in [4.69, 9.17) is 4.98 Å². The van der Waals surface area contributed by atoms with E-state index in [9.17, 15) is 4.79 Å². The molecule has 0 radical (unpaired) electrons. The molecule has 1 aromatic carbocycles. The van der Waals surface area contributed by atoms with E-state index in [1.165, 1.54) is 29.8 Å². The zero-order valence-corrected chi connectivity index (χ0v) is 20.2. The average Bonchev–Trinajstić information content (AvgIpc) is 3.19. The minimum Gasteiger partial charge on any atom is -0.356 e. The zero-order chi connectivity index (χ0) is 21.8. The van der Waals surface area contributed by atoms with Crippen LogP contribution in [-0.4, -0.2) is 55.1 Å². The number of hydrogen-bond donors (Lipinski definition) is 1. The number of nitrogens with zero attached hydrogens (tertiary/aromatic N) is 3. The maximum Gasteiger partial charge on any atom is 0.223 e. The van der Waals surface area contributed by atoms with E-state index in [0.29, 0.717) is 0 Å². The van der Waals surface area contributed by atoms with Crippen molar-refractivity contribution in [3.05, 3.63) is 23.8 Å². The standard InChI is InChI=1S/C25H38N4OS/c1-4-20-6-7-22-23(15-20)31-25(27-22)29-12-8-21(9-13-29)24(30)26-10-5-11-28-16-18(2)14-19(3)17-28/h6-7,15,18-19,21H,4-5,8-14,16-17H2,1-3H3,(H,26,30)/t18-,19-/m1/s1. The van der Waals surface area contributed by atoms with Crippen molar-refractivity contribution in [1.29, 1.82) is 0 Å². The summed E-state index contributed by atoms with van der Waals surface area (Å²) in [6.45, 7) is 13.1. The Hall–Kier alpha value is -1.66. The van der Waals surface area contributed by atoms with Crippen LogP contribution in [0.1, 0.15) is 52.0 Å². The van der Waals surface area contributed by atoms with Crippen LogP contribution in [-0.2, 0) is 11.2 Å². The van der Waals surface area contributed by atoms with Crippen molar-refractivity contribution in [3.63, 3.8) is 0 Å². The number of piperidine rings is 2. The molecule has 4 rings (SSSR count). The minimum atomic E-state index is 0.146. The number of carbonyl (C=O) groups excluding carboxylic acids is 1. The molecule has 2 aromatic rings. The number of amides is 1. The highest BCUT2D eigenvalue weighted by atomic mass is 32.1. The maximum atomic E-state index is 12.7. The molecule has 0 bridgehead atoms. The van der Waals surface area contributed by atoms with Crippen molar-refractivity contribution in [2.75, 3.05) is 44.2 Å². The fraction of sp³-hybridized carbons (Fsp3) is 0.680. The molecule has 2 aliphatic rings. The Labute approximate surface area is 191 Å². The molecule has 5 nitrogen and oxygen atoms in total.